The van der Waals surface area contributed by atoms with Crippen LogP contribution in [-0.4, -0.2) is 41.8 Å². The fourth-order valence-corrected chi connectivity index (χ4v) is 2.89. The number of ether oxygens (including phenoxy) is 1. The van der Waals surface area contributed by atoms with E-state index in [-0.39, 0.29) is 12.4 Å². The summed E-state index contributed by atoms with van der Waals surface area (Å²) < 4.78 is 5.69. The van der Waals surface area contributed by atoms with E-state index in [0.717, 1.165) is 5.56 Å². The summed E-state index contributed by atoms with van der Waals surface area (Å²) in [7, 11) is 0. The highest BCUT2D eigenvalue weighted by atomic mass is 35.5. The maximum absolute atomic E-state index is 12.2. The highest BCUT2D eigenvalue weighted by Crippen LogP contribution is 2.34. The fourth-order valence-electron chi connectivity index (χ4n) is 2.89. The van der Waals surface area contributed by atoms with Gasteiger partial charge >= 0.3 is 5.97 Å². The van der Waals surface area contributed by atoms with Crippen molar-refractivity contribution < 1.29 is 14.6 Å². The summed E-state index contributed by atoms with van der Waals surface area (Å²) in [5, 5.41) is 9.99. The SMILES string of the molecule is CCOC(C)C(C(=O)O)(c1ccccc1)N(CC)CC.Cl. The van der Waals surface area contributed by atoms with E-state index in [1.807, 2.05) is 62.9 Å². The minimum absolute atomic E-state index is 0. The zero-order chi connectivity index (χ0) is 15.2. The third kappa shape index (κ3) is 3.76. The smallest absolute Gasteiger partial charge is 0.331 e. The number of hydrogen-bond donors (Lipinski definition) is 1. The lowest BCUT2D eigenvalue weighted by atomic mass is 9.82. The number of carboxylic acids is 1. The molecule has 1 N–H and O–H groups in total. The second-order valence-corrected chi connectivity index (χ2v) is 4.71. The first-order valence-corrected chi connectivity index (χ1v) is 7.21. The topological polar surface area (TPSA) is 49.8 Å². The maximum Gasteiger partial charge on any atom is 0.331 e. The van der Waals surface area contributed by atoms with Crippen molar-refractivity contribution in [3.8, 4) is 0 Å². The molecule has 0 saturated heterocycles. The molecule has 2 atom stereocenters. The third-order valence-electron chi connectivity index (χ3n) is 3.81. The van der Waals surface area contributed by atoms with Gasteiger partial charge in [-0.15, -0.1) is 12.4 Å². The van der Waals surface area contributed by atoms with Crippen molar-refractivity contribution in [2.45, 2.75) is 39.3 Å². The van der Waals surface area contributed by atoms with Crippen LogP contribution in [0.5, 0.6) is 0 Å². The highest BCUT2D eigenvalue weighted by Gasteiger charge is 2.50. The van der Waals surface area contributed by atoms with Gasteiger partial charge in [0, 0.05) is 6.61 Å². The average Bonchev–Trinajstić information content (AvgIpc) is 2.45. The number of rotatable bonds is 8. The van der Waals surface area contributed by atoms with Gasteiger partial charge in [-0.25, -0.2) is 4.79 Å². The molecule has 0 aromatic heterocycles. The lowest BCUT2D eigenvalue weighted by Gasteiger charge is -2.43. The Morgan fingerprint density at radius 1 is 1.24 bits per heavy atom. The van der Waals surface area contributed by atoms with Crippen molar-refractivity contribution in [3.63, 3.8) is 0 Å². The Balaban J connectivity index is 0.00000400. The molecule has 0 amide bonds. The van der Waals surface area contributed by atoms with Crippen LogP contribution < -0.4 is 0 Å². The fraction of sp³-hybridized carbons (Fsp3) is 0.562. The van der Waals surface area contributed by atoms with Gasteiger partial charge in [-0.3, -0.25) is 4.90 Å². The molecule has 1 aromatic rings. The second-order valence-electron chi connectivity index (χ2n) is 4.71. The Morgan fingerprint density at radius 3 is 2.14 bits per heavy atom. The predicted octanol–water partition coefficient (Wildman–Crippen LogP) is 3.16. The van der Waals surface area contributed by atoms with Crippen LogP contribution in [0.2, 0.25) is 0 Å². The van der Waals surface area contributed by atoms with E-state index in [4.69, 9.17) is 4.74 Å². The molecule has 2 unspecified atom stereocenters. The van der Waals surface area contributed by atoms with Crippen LogP contribution in [0.1, 0.15) is 33.3 Å². The van der Waals surface area contributed by atoms with Crippen molar-refractivity contribution in [2.75, 3.05) is 19.7 Å². The van der Waals surface area contributed by atoms with Crippen LogP contribution in [0.4, 0.5) is 0 Å². The van der Waals surface area contributed by atoms with Crippen LogP contribution >= 0.6 is 12.4 Å². The number of halogens is 1. The second kappa shape index (κ2) is 9.03. The number of benzene rings is 1. The molecule has 0 aliphatic rings. The van der Waals surface area contributed by atoms with E-state index >= 15 is 0 Å². The summed E-state index contributed by atoms with van der Waals surface area (Å²) in [5.74, 6) is -0.867. The molecule has 1 aromatic carbocycles. The maximum atomic E-state index is 12.2. The van der Waals surface area contributed by atoms with E-state index in [2.05, 4.69) is 0 Å². The standard InChI is InChI=1S/C16H25NO3.ClH/c1-5-17(6-2)16(15(18)19,13(4)20-7-3)14-11-9-8-10-12-14;/h8-13H,5-7H2,1-4H3,(H,18,19);1H. The van der Waals surface area contributed by atoms with E-state index in [0.29, 0.717) is 19.7 Å². The van der Waals surface area contributed by atoms with Crippen LogP contribution in [0.15, 0.2) is 30.3 Å². The zero-order valence-electron chi connectivity index (χ0n) is 13.2. The molecule has 21 heavy (non-hydrogen) atoms. The molecule has 0 fully saturated rings. The van der Waals surface area contributed by atoms with Crippen molar-refractivity contribution >= 4 is 18.4 Å². The van der Waals surface area contributed by atoms with Gasteiger partial charge in [0.15, 0.2) is 5.54 Å². The highest BCUT2D eigenvalue weighted by molar-refractivity contribution is 5.85. The van der Waals surface area contributed by atoms with Gasteiger partial charge in [-0.05, 0) is 32.5 Å². The molecule has 0 radical (unpaired) electrons. The Bertz CT molecular complexity index is 423. The number of nitrogens with zero attached hydrogens (tertiary/aromatic N) is 1. The Kier molecular flexibility index (Phi) is 8.55. The van der Waals surface area contributed by atoms with Crippen LogP contribution in [0, 0.1) is 0 Å². The van der Waals surface area contributed by atoms with Crippen molar-refractivity contribution in [2.24, 2.45) is 0 Å². The minimum atomic E-state index is -1.15. The van der Waals surface area contributed by atoms with Crippen molar-refractivity contribution in [1.29, 1.82) is 0 Å². The van der Waals surface area contributed by atoms with E-state index in [1.54, 1.807) is 0 Å². The molecular weight excluding hydrogens is 290 g/mol. The molecule has 0 aliphatic carbocycles. The average molecular weight is 316 g/mol. The molecule has 5 heteroatoms. The molecule has 0 bridgehead atoms. The van der Waals surface area contributed by atoms with Gasteiger partial charge < -0.3 is 9.84 Å². The van der Waals surface area contributed by atoms with Gasteiger partial charge in [0.1, 0.15) is 0 Å². The van der Waals surface area contributed by atoms with Crippen LogP contribution in [0.25, 0.3) is 0 Å². The summed E-state index contributed by atoms with van der Waals surface area (Å²) >= 11 is 0. The quantitative estimate of drug-likeness (QED) is 0.800. The largest absolute Gasteiger partial charge is 0.480 e. The Hall–Kier alpha value is -1.10. The normalized spacial score (nSPS) is 15.1. The monoisotopic (exact) mass is 315 g/mol. The molecule has 120 valence electrons. The van der Waals surface area contributed by atoms with Crippen molar-refractivity contribution in [1.82, 2.24) is 4.90 Å². The lowest BCUT2D eigenvalue weighted by molar-refractivity contribution is -0.165. The Morgan fingerprint density at radius 2 is 1.76 bits per heavy atom. The molecule has 0 heterocycles. The molecular formula is C16H26ClNO3. The van der Waals surface area contributed by atoms with Gasteiger partial charge in [-0.2, -0.15) is 0 Å². The zero-order valence-corrected chi connectivity index (χ0v) is 14.0. The van der Waals surface area contributed by atoms with E-state index < -0.39 is 17.6 Å². The van der Waals surface area contributed by atoms with Gasteiger partial charge in [0.25, 0.3) is 0 Å². The summed E-state index contributed by atoms with van der Waals surface area (Å²) in [6, 6.07) is 9.36. The summed E-state index contributed by atoms with van der Waals surface area (Å²) in [6.45, 7) is 9.46. The first-order valence-electron chi connectivity index (χ1n) is 7.21. The molecule has 1 rings (SSSR count). The Labute approximate surface area is 133 Å². The molecule has 0 spiro atoms. The number of likely N-dealkylation sites (N-methyl/N-ethyl adjacent to an activating group) is 1. The molecule has 4 nitrogen and oxygen atoms in total. The van der Waals surface area contributed by atoms with Gasteiger partial charge in [0.2, 0.25) is 0 Å². The van der Waals surface area contributed by atoms with E-state index in [9.17, 15) is 9.90 Å². The third-order valence-corrected chi connectivity index (χ3v) is 3.81. The minimum Gasteiger partial charge on any atom is -0.480 e. The lowest BCUT2D eigenvalue weighted by Crippen LogP contribution is -2.59. The van der Waals surface area contributed by atoms with E-state index in [1.165, 1.54) is 0 Å². The van der Waals surface area contributed by atoms with Crippen molar-refractivity contribution in [3.05, 3.63) is 35.9 Å². The summed E-state index contributed by atoms with van der Waals surface area (Å²) in [4.78, 5) is 14.1. The molecule has 0 saturated carbocycles. The number of carbonyl (C=O) groups is 1. The molecule has 0 aliphatic heterocycles. The predicted molar refractivity (Wildman–Crippen MR) is 87.0 cm³/mol. The number of carboxylic acid groups (broad SMARTS) is 1. The van der Waals surface area contributed by atoms with Crippen LogP contribution in [0.3, 0.4) is 0 Å². The van der Waals surface area contributed by atoms with Gasteiger partial charge in [-0.1, -0.05) is 44.2 Å². The number of hydrogen-bond acceptors (Lipinski definition) is 3. The first kappa shape index (κ1) is 19.9. The first-order chi connectivity index (χ1) is 9.55. The summed E-state index contributed by atoms with van der Waals surface area (Å²) in [6.07, 6.45) is -0.438. The summed E-state index contributed by atoms with van der Waals surface area (Å²) in [5.41, 5.74) is -0.391. The van der Waals surface area contributed by atoms with Gasteiger partial charge in [0.05, 0.1) is 6.10 Å². The van der Waals surface area contributed by atoms with Crippen LogP contribution in [-0.2, 0) is 15.1 Å². The number of aliphatic carboxylic acids is 1.